The summed E-state index contributed by atoms with van der Waals surface area (Å²) in [4.78, 5) is 39.5. The predicted molar refractivity (Wildman–Crippen MR) is 139 cm³/mol. The lowest BCUT2D eigenvalue weighted by molar-refractivity contribution is -0.123. The number of carbonyl (C=O) groups excluding carboxylic acids is 3. The Bertz CT molecular complexity index is 1300. The fraction of sp³-hybridized carbons (Fsp3) is 0.500. The second-order valence-electron chi connectivity index (χ2n) is 9.45. The zero-order chi connectivity index (χ0) is 26.7. The largest absolute Gasteiger partial charge is 0.462 e. The van der Waals surface area contributed by atoms with Crippen LogP contribution in [0.2, 0.25) is 0 Å². The Hall–Kier alpha value is -2.76. The monoisotopic (exact) mass is 548 g/mol. The van der Waals surface area contributed by atoms with Crippen LogP contribution in [0.5, 0.6) is 0 Å². The predicted octanol–water partition coefficient (Wildman–Crippen LogP) is 4.02. The number of nitrogens with zero attached hydrogens (tertiary/aromatic N) is 1. The smallest absolute Gasteiger partial charge is 0.341 e. The minimum absolute atomic E-state index is 0.0124. The fourth-order valence-electron chi connectivity index (χ4n) is 4.61. The van der Waals surface area contributed by atoms with Gasteiger partial charge in [-0.15, -0.1) is 11.3 Å². The first-order valence-corrected chi connectivity index (χ1v) is 14.8. The molecule has 0 bridgehead atoms. The van der Waals surface area contributed by atoms with Crippen molar-refractivity contribution >= 4 is 44.2 Å². The summed E-state index contributed by atoms with van der Waals surface area (Å²) in [7, 11) is -3.70. The molecule has 2 aliphatic rings. The van der Waals surface area contributed by atoms with Gasteiger partial charge in [0.05, 0.1) is 22.6 Å². The van der Waals surface area contributed by atoms with Gasteiger partial charge in [-0.1, -0.05) is 13.0 Å². The number of sulfonamides is 1. The Labute approximate surface area is 221 Å². The van der Waals surface area contributed by atoms with Gasteiger partial charge in [0.2, 0.25) is 10.0 Å². The maximum absolute atomic E-state index is 13.0. The van der Waals surface area contributed by atoms with Crippen molar-refractivity contribution in [2.24, 2.45) is 5.92 Å². The summed E-state index contributed by atoms with van der Waals surface area (Å²) in [5.41, 5.74) is 1.32. The quantitative estimate of drug-likeness (QED) is 0.495. The van der Waals surface area contributed by atoms with Crippen molar-refractivity contribution in [2.75, 3.05) is 25.0 Å². The lowest BCUT2D eigenvalue weighted by atomic mass is 9.88. The summed E-state index contributed by atoms with van der Waals surface area (Å²) in [6, 6.07) is 5.64. The topological polar surface area (TPSA) is 119 Å². The number of fused-ring (bicyclic) bond motifs is 1. The first kappa shape index (κ1) is 27.3. The zero-order valence-electron chi connectivity index (χ0n) is 21.2. The van der Waals surface area contributed by atoms with E-state index in [4.69, 9.17) is 9.47 Å². The molecule has 2 atom stereocenters. The lowest BCUT2D eigenvalue weighted by Gasteiger charge is -2.18. The second kappa shape index (κ2) is 11.3. The normalized spacial score (nSPS) is 18.6. The van der Waals surface area contributed by atoms with Gasteiger partial charge < -0.3 is 14.8 Å². The SMILES string of the molecule is CCOC(=O)c1c(NC(=O)[C@H](C)OC(=O)c2cccc(S(=O)(=O)N3CCCC3)c2)sc2c1CC[C@@H](C)C2. The molecular formula is C26H32N2O7S2. The van der Waals surface area contributed by atoms with Crippen LogP contribution < -0.4 is 5.32 Å². The number of ether oxygens (including phenoxy) is 2. The highest BCUT2D eigenvalue weighted by Crippen LogP contribution is 2.40. The second-order valence-corrected chi connectivity index (χ2v) is 12.5. The third kappa shape index (κ3) is 5.89. The standard InChI is InChI=1S/C26H32N2O7S2/c1-4-34-26(31)22-20-11-10-16(2)14-21(20)36-24(22)27-23(29)17(3)35-25(30)18-8-7-9-19(15-18)37(32,33)28-12-5-6-13-28/h7-9,15-17H,4-6,10-14H2,1-3H3,(H,27,29)/t16-,17+/m1/s1. The van der Waals surface area contributed by atoms with Crippen molar-refractivity contribution in [2.45, 2.75) is 63.9 Å². The Morgan fingerprint density at radius 3 is 2.62 bits per heavy atom. The molecule has 1 aromatic heterocycles. The third-order valence-corrected chi connectivity index (χ3v) is 9.72. The third-order valence-electron chi connectivity index (χ3n) is 6.65. The maximum atomic E-state index is 13.0. The summed E-state index contributed by atoms with van der Waals surface area (Å²) < 4.78 is 37.7. The number of rotatable bonds is 8. The maximum Gasteiger partial charge on any atom is 0.341 e. The van der Waals surface area contributed by atoms with E-state index in [0.717, 1.165) is 42.5 Å². The molecule has 1 amide bonds. The van der Waals surface area contributed by atoms with Crippen molar-refractivity contribution in [1.82, 2.24) is 4.31 Å². The van der Waals surface area contributed by atoms with E-state index in [0.29, 0.717) is 29.6 Å². The summed E-state index contributed by atoms with van der Waals surface area (Å²) in [5, 5.41) is 3.14. The molecule has 200 valence electrons. The molecule has 2 heterocycles. The van der Waals surface area contributed by atoms with Gasteiger partial charge in [-0.05, 0) is 75.6 Å². The Balaban J connectivity index is 1.48. The highest BCUT2D eigenvalue weighted by Gasteiger charge is 2.31. The van der Waals surface area contributed by atoms with E-state index in [9.17, 15) is 22.8 Å². The van der Waals surface area contributed by atoms with Crippen molar-refractivity contribution in [3.05, 3.63) is 45.8 Å². The van der Waals surface area contributed by atoms with Gasteiger partial charge >= 0.3 is 11.9 Å². The Morgan fingerprint density at radius 2 is 1.92 bits per heavy atom. The molecule has 1 aliphatic carbocycles. The minimum atomic E-state index is -3.70. The van der Waals surface area contributed by atoms with Crippen molar-refractivity contribution in [1.29, 1.82) is 0 Å². The van der Waals surface area contributed by atoms with Crippen molar-refractivity contribution < 1.29 is 32.3 Å². The number of nitrogens with one attached hydrogen (secondary N) is 1. The highest BCUT2D eigenvalue weighted by molar-refractivity contribution is 7.89. The van der Waals surface area contributed by atoms with Gasteiger partial charge in [-0.25, -0.2) is 18.0 Å². The van der Waals surface area contributed by atoms with E-state index >= 15 is 0 Å². The molecule has 1 N–H and O–H groups in total. The number of anilines is 1. The van der Waals surface area contributed by atoms with E-state index in [1.165, 1.54) is 46.8 Å². The molecule has 1 aliphatic heterocycles. The lowest BCUT2D eigenvalue weighted by Crippen LogP contribution is -2.30. The van der Waals surface area contributed by atoms with Crippen LogP contribution in [0, 0.1) is 5.92 Å². The summed E-state index contributed by atoms with van der Waals surface area (Å²) >= 11 is 1.35. The molecule has 1 aromatic carbocycles. The summed E-state index contributed by atoms with van der Waals surface area (Å²) in [6.45, 7) is 6.42. The molecule has 1 saturated heterocycles. The Kier molecular flexibility index (Phi) is 8.35. The molecule has 1 fully saturated rings. The number of hydrogen-bond donors (Lipinski definition) is 1. The molecule has 0 saturated carbocycles. The highest BCUT2D eigenvalue weighted by atomic mass is 32.2. The van der Waals surface area contributed by atoms with Gasteiger partial charge in [-0.3, -0.25) is 4.79 Å². The number of benzene rings is 1. The number of amides is 1. The van der Waals surface area contributed by atoms with E-state index in [1.807, 2.05) is 0 Å². The van der Waals surface area contributed by atoms with Gasteiger partial charge in [-0.2, -0.15) is 4.31 Å². The molecule has 9 nitrogen and oxygen atoms in total. The molecule has 11 heteroatoms. The molecule has 0 radical (unpaired) electrons. The summed E-state index contributed by atoms with van der Waals surface area (Å²) in [5.74, 6) is -1.40. The molecule has 0 unspecified atom stereocenters. The fourth-order valence-corrected chi connectivity index (χ4v) is 7.58. The van der Waals surface area contributed by atoms with Gasteiger partial charge in [0, 0.05) is 18.0 Å². The van der Waals surface area contributed by atoms with Crippen LogP contribution >= 0.6 is 11.3 Å². The van der Waals surface area contributed by atoms with Gasteiger partial charge in [0.15, 0.2) is 6.10 Å². The molecule has 2 aromatic rings. The van der Waals surface area contributed by atoms with E-state index < -0.39 is 34.0 Å². The average molecular weight is 549 g/mol. The van der Waals surface area contributed by atoms with Crippen LogP contribution in [0.25, 0.3) is 0 Å². The van der Waals surface area contributed by atoms with Crippen LogP contribution in [-0.4, -0.2) is 56.4 Å². The molecular weight excluding hydrogens is 516 g/mol. The number of thiophene rings is 1. The van der Waals surface area contributed by atoms with Crippen LogP contribution in [0.3, 0.4) is 0 Å². The van der Waals surface area contributed by atoms with Crippen molar-refractivity contribution in [3.8, 4) is 0 Å². The van der Waals surface area contributed by atoms with Gasteiger partial charge in [0.1, 0.15) is 5.00 Å². The first-order valence-electron chi connectivity index (χ1n) is 12.6. The minimum Gasteiger partial charge on any atom is -0.462 e. The van der Waals surface area contributed by atoms with Crippen LogP contribution in [0.4, 0.5) is 5.00 Å². The van der Waals surface area contributed by atoms with Crippen LogP contribution in [-0.2, 0) is 37.1 Å². The molecule has 37 heavy (non-hydrogen) atoms. The van der Waals surface area contributed by atoms with Gasteiger partial charge in [0.25, 0.3) is 5.91 Å². The first-order chi connectivity index (χ1) is 17.6. The number of carbonyl (C=O) groups is 3. The van der Waals surface area contributed by atoms with Crippen molar-refractivity contribution in [3.63, 3.8) is 0 Å². The number of hydrogen-bond acceptors (Lipinski definition) is 8. The summed E-state index contributed by atoms with van der Waals surface area (Å²) in [6.07, 6.45) is 2.93. The van der Waals surface area contributed by atoms with E-state index in [1.54, 1.807) is 6.92 Å². The van der Waals surface area contributed by atoms with Crippen LogP contribution in [0.1, 0.15) is 71.2 Å². The molecule has 4 rings (SSSR count). The van der Waals surface area contributed by atoms with E-state index in [-0.39, 0.29) is 17.1 Å². The van der Waals surface area contributed by atoms with Crippen LogP contribution in [0.15, 0.2) is 29.2 Å². The average Bonchev–Trinajstić information content (AvgIpc) is 3.52. The number of esters is 2. The Morgan fingerprint density at radius 1 is 1.19 bits per heavy atom. The zero-order valence-corrected chi connectivity index (χ0v) is 22.9. The van der Waals surface area contributed by atoms with E-state index in [2.05, 4.69) is 12.2 Å². The molecule has 0 spiro atoms.